The van der Waals surface area contributed by atoms with E-state index in [2.05, 4.69) is 52.5 Å². The van der Waals surface area contributed by atoms with Gasteiger partial charge in [0.2, 0.25) is 0 Å². The first-order valence-corrected chi connectivity index (χ1v) is 7.15. The lowest BCUT2D eigenvalue weighted by Gasteiger charge is -2.25. The maximum absolute atomic E-state index is 5.76. The minimum Gasteiger partial charge on any atom is -0.349 e. The second kappa shape index (κ2) is 7.09. The van der Waals surface area contributed by atoms with E-state index in [0.29, 0.717) is 6.61 Å². The van der Waals surface area contributed by atoms with Crippen LogP contribution in [0.5, 0.6) is 0 Å². The predicted octanol–water partition coefficient (Wildman–Crippen LogP) is 4.62. The quantitative estimate of drug-likeness (QED) is 0.533. The number of hydrogen-bond donors (Lipinski definition) is 0. The molecule has 0 radical (unpaired) electrons. The van der Waals surface area contributed by atoms with Gasteiger partial charge in [0, 0.05) is 5.41 Å². The van der Waals surface area contributed by atoms with Crippen molar-refractivity contribution in [1.29, 1.82) is 0 Å². The summed E-state index contributed by atoms with van der Waals surface area (Å²) >= 11 is 0. The molecule has 0 amide bonds. The summed E-state index contributed by atoms with van der Waals surface area (Å²) in [7, 11) is 0. The minimum absolute atomic E-state index is 0.136. The van der Waals surface area contributed by atoms with E-state index in [1.165, 1.54) is 11.1 Å². The van der Waals surface area contributed by atoms with Gasteiger partial charge in [-0.2, -0.15) is 0 Å². The van der Waals surface area contributed by atoms with Crippen molar-refractivity contribution in [3.63, 3.8) is 0 Å². The molecule has 1 aliphatic heterocycles. The lowest BCUT2D eigenvalue weighted by atomic mass is 9.92. The second-order valence-corrected chi connectivity index (χ2v) is 6.32. The molecular formula is C17H28O2. The van der Waals surface area contributed by atoms with Crippen LogP contribution in [-0.4, -0.2) is 19.0 Å². The van der Waals surface area contributed by atoms with Crippen LogP contribution >= 0.6 is 0 Å². The van der Waals surface area contributed by atoms with Gasteiger partial charge in [0.05, 0.1) is 12.7 Å². The van der Waals surface area contributed by atoms with E-state index < -0.39 is 0 Å². The van der Waals surface area contributed by atoms with E-state index in [4.69, 9.17) is 9.47 Å². The Morgan fingerprint density at radius 1 is 1.32 bits per heavy atom. The van der Waals surface area contributed by atoms with Crippen molar-refractivity contribution in [3.05, 3.63) is 29.0 Å². The van der Waals surface area contributed by atoms with Gasteiger partial charge in [0.15, 0.2) is 6.29 Å². The van der Waals surface area contributed by atoms with E-state index in [1.54, 1.807) is 0 Å². The van der Waals surface area contributed by atoms with Crippen LogP contribution in [-0.2, 0) is 9.47 Å². The van der Waals surface area contributed by atoms with Gasteiger partial charge in [-0.3, -0.25) is 0 Å². The highest BCUT2D eigenvalue weighted by Crippen LogP contribution is 2.30. The molecule has 19 heavy (non-hydrogen) atoms. The zero-order chi connectivity index (χ0) is 14.5. The molecule has 108 valence electrons. The average molecular weight is 264 g/mol. The molecule has 2 atom stereocenters. The number of hydrogen-bond acceptors (Lipinski definition) is 2. The Hall–Kier alpha value is -0.820. The predicted molar refractivity (Wildman–Crippen MR) is 80.0 cm³/mol. The molecule has 1 rings (SSSR count). The molecule has 0 aromatic rings. The van der Waals surface area contributed by atoms with Gasteiger partial charge in [-0.15, -0.1) is 5.73 Å². The highest BCUT2D eigenvalue weighted by molar-refractivity contribution is 5.06. The van der Waals surface area contributed by atoms with Gasteiger partial charge in [-0.05, 0) is 52.2 Å². The summed E-state index contributed by atoms with van der Waals surface area (Å²) in [5.74, 6) is 0. The molecule has 1 aliphatic rings. The highest BCUT2D eigenvalue weighted by Gasteiger charge is 2.35. The zero-order valence-electron chi connectivity index (χ0n) is 13.2. The summed E-state index contributed by atoms with van der Waals surface area (Å²) in [5, 5.41) is 0. The lowest BCUT2D eigenvalue weighted by Crippen LogP contribution is -2.28. The molecule has 0 aliphatic carbocycles. The van der Waals surface area contributed by atoms with E-state index in [-0.39, 0.29) is 17.8 Å². The fourth-order valence-corrected chi connectivity index (χ4v) is 1.93. The zero-order valence-corrected chi connectivity index (χ0v) is 13.2. The maximum Gasteiger partial charge on any atom is 0.167 e. The third kappa shape index (κ3) is 5.78. The first kappa shape index (κ1) is 16.2. The van der Waals surface area contributed by atoms with Crippen LogP contribution in [0.1, 0.15) is 54.4 Å². The maximum atomic E-state index is 5.76. The first-order chi connectivity index (χ1) is 8.81. The van der Waals surface area contributed by atoms with E-state index in [1.807, 2.05) is 6.92 Å². The fourth-order valence-electron chi connectivity index (χ4n) is 1.93. The Balaban J connectivity index is 2.59. The Morgan fingerprint density at radius 3 is 2.53 bits per heavy atom. The van der Waals surface area contributed by atoms with Gasteiger partial charge in [0.25, 0.3) is 0 Å². The van der Waals surface area contributed by atoms with E-state index in [9.17, 15) is 0 Å². The van der Waals surface area contributed by atoms with Crippen molar-refractivity contribution in [3.8, 4) is 0 Å². The van der Waals surface area contributed by atoms with Crippen LogP contribution in [0.4, 0.5) is 0 Å². The molecule has 1 heterocycles. The number of ether oxygens (including phenoxy) is 2. The third-order valence-electron chi connectivity index (χ3n) is 3.21. The molecule has 0 aromatic carbocycles. The molecule has 0 spiro atoms. The second-order valence-electron chi connectivity index (χ2n) is 6.32. The van der Waals surface area contributed by atoms with Crippen molar-refractivity contribution < 1.29 is 9.47 Å². The van der Waals surface area contributed by atoms with Crippen LogP contribution < -0.4 is 0 Å². The van der Waals surface area contributed by atoms with Crippen molar-refractivity contribution >= 4 is 0 Å². The molecule has 1 saturated heterocycles. The molecule has 2 nitrogen and oxygen atoms in total. The van der Waals surface area contributed by atoms with Gasteiger partial charge < -0.3 is 9.47 Å². The van der Waals surface area contributed by atoms with Crippen molar-refractivity contribution in [2.24, 2.45) is 5.41 Å². The monoisotopic (exact) mass is 264 g/mol. The van der Waals surface area contributed by atoms with Crippen LogP contribution in [0.3, 0.4) is 0 Å². The molecule has 1 fully saturated rings. The Bertz CT molecular complexity index is 380. The molecule has 0 aromatic heterocycles. The normalized spacial score (nSPS) is 22.8. The van der Waals surface area contributed by atoms with E-state index in [0.717, 1.165) is 12.8 Å². The summed E-state index contributed by atoms with van der Waals surface area (Å²) in [6, 6.07) is 0. The highest BCUT2D eigenvalue weighted by atomic mass is 16.7. The standard InChI is InChI=1S/C17H28O2/c1-13(2)8-7-9-14(3)10-11-17(5,6)16-18-12-15(4)19-16/h8,11,15-16H,7,9,12H2,1-6H3/t10?,15-,16+/m0/s1. The molecular weight excluding hydrogens is 236 g/mol. The van der Waals surface area contributed by atoms with Crippen molar-refractivity contribution in [1.82, 2.24) is 0 Å². The van der Waals surface area contributed by atoms with E-state index >= 15 is 0 Å². The topological polar surface area (TPSA) is 18.5 Å². The summed E-state index contributed by atoms with van der Waals surface area (Å²) in [6.45, 7) is 13.4. The van der Waals surface area contributed by atoms with Crippen molar-refractivity contribution in [2.75, 3.05) is 6.61 Å². The Morgan fingerprint density at radius 2 is 2.00 bits per heavy atom. The number of rotatable bonds is 5. The summed E-state index contributed by atoms with van der Waals surface area (Å²) in [6.07, 6.45) is 6.54. The summed E-state index contributed by atoms with van der Waals surface area (Å²) < 4.78 is 11.4. The summed E-state index contributed by atoms with van der Waals surface area (Å²) in [5.41, 5.74) is 5.90. The van der Waals surface area contributed by atoms with Gasteiger partial charge in [-0.25, -0.2) is 0 Å². The molecule has 0 saturated carbocycles. The smallest absolute Gasteiger partial charge is 0.167 e. The molecule has 2 heteroatoms. The molecule has 0 N–H and O–H groups in total. The molecule has 0 bridgehead atoms. The van der Waals surface area contributed by atoms with Crippen LogP contribution in [0.15, 0.2) is 29.0 Å². The number of allylic oxidation sites excluding steroid dienone is 2. The first-order valence-electron chi connectivity index (χ1n) is 7.15. The van der Waals surface area contributed by atoms with Gasteiger partial charge in [-0.1, -0.05) is 25.5 Å². The minimum atomic E-state index is -0.152. The van der Waals surface area contributed by atoms with Gasteiger partial charge >= 0.3 is 0 Å². The van der Waals surface area contributed by atoms with Crippen molar-refractivity contribution in [2.45, 2.75) is 66.8 Å². The van der Waals surface area contributed by atoms with Crippen LogP contribution in [0.25, 0.3) is 0 Å². The average Bonchev–Trinajstić information content (AvgIpc) is 2.74. The Labute approximate surface area is 118 Å². The van der Waals surface area contributed by atoms with Gasteiger partial charge in [0.1, 0.15) is 0 Å². The third-order valence-corrected chi connectivity index (χ3v) is 3.21. The SMILES string of the molecule is CC(=C=CC(C)(C)[C@@H]1OC[C@H](C)O1)CCC=C(C)C. The largest absolute Gasteiger partial charge is 0.349 e. The fraction of sp³-hybridized carbons (Fsp3) is 0.706. The van der Waals surface area contributed by atoms with Crippen LogP contribution in [0.2, 0.25) is 0 Å². The molecule has 0 unspecified atom stereocenters. The lowest BCUT2D eigenvalue weighted by molar-refractivity contribution is -0.111. The Kier molecular flexibility index (Phi) is 6.06. The van der Waals surface area contributed by atoms with Crippen LogP contribution in [0, 0.1) is 5.41 Å². The summed E-state index contributed by atoms with van der Waals surface area (Å²) in [4.78, 5) is 0.